The van der Waals surface area contributed by atoms with Crippen molar-refractivity contribution in [2.45, 2.75) is 13.1 Å². The van der Waals surface area contributed by atoms with Crippen LogP contribution in [-0.4, -0.2) is 19.2 Å². The van der Waals surface area contributed by atoms with Gasteiger partial charge in [0.15, 0.2) is 11.5 Å². The molecule has 0 aliphatic carbocycles. The summed E-state index contributed by atoms with van der Waals surface area (Å²) in [5.74, 6) is 1.07. The van der Waals surface area contributed by atoms with E-state index in [9.17, 15) is 9.18 Å². The predicted molar refractivity (Wildman–Crippen MR) is 82.5 cm³/mol. The molecule has 2 aromatic rings. The highest BCUT2D eigenvalue weighted by Crippen LogP contribution is 2.32. The molecule has 0 saturated carbocycles. The Morgan fingerprint density at radius 2 is 1.74 bits per heavy atom. The van der Waals surface area contributed by atoms with E-state index in [0.717, 1.165) is 22.6 Å². The first-order valence-corrected chi connectivity index (χ1v) is 7.31. The summed E-state index contributed by atoms with van der Waals surface area (Å²) >= 11 is 0. The number of nitrogens with one attached hydrogen (secondary N) is 2. The third kappa shape index (κ3) is 4.20. The van der Waals surface area contributed by atoms with Crippen LogP contribution in [0.3, 0.4) is 0 Å². The quantitative estimate of drug-likeness (QED) is 0.855. The van der Waals surface area contributed by atoms with Gasteiger partial charge in [0, 0.05) is 13.1 Å². The fourth-order valence-electron chi connectivity index (χ4n) is 2.24. The minimum absolute atomic E-state index is 0.116. The lowest BCUT2D eigenvalue weighted by atomic mass is 10.2. The molecule has 5 nitrogen and oxygen atoms in total. The number of amides is 1. The largest absolute Gasteiger partial charge is 0.454 e. The summed E-state index contributed by atoms with van der Waals surface area (Å²) < 4.78 is 23.3. The lowest BCUT2D eigenvalue weighted by Crippen LogP contribution is -2.33. The van der Waals surface area contributed by atoms with E-state index in [1.807, 2.05) is 18.2 Å². The fourth-order valence-corrected chi connectivity index (χ4v) is 2.24. The second kappa shape index (κ2) is 7.11. The van der Waals surface area contributed by atoms with E-state index >= 15 is 0 Å². The SMILES string of the molecule is O=C(CNCc1ccc2c(c1)OCO2)NCc1ccc(F)cc1. The van der Waals surface area contributed by atoms with E-state index in [2.05, 4.69) is 10.6 Å². The van der Waals surface area contributed by atoms with Crippen molar-refractivity contribution in [2.24, 2.45) is 0 Å². The highest BCUT2D eigenvalue weighted by atomic mass is 19.1. The van der Waals surface area contributed by atoms with Gasteiger partial charge in [0.1, 0.15) is 5.82 Å². The van der Waals surface area contributed by atoms with Crippen LogP contribution in [0.1, 0.15) is 11.1 Å². The number of ether oxygens (including phenoxy) is 2. The number of fused-ring (bicyclic) bond motifs is 1. The van der Waals surface area contributed by atoms with Crippen molar-refractivity contribution in [2.75, 3.05) is 13.3 Å². The van der Waals surface area contributed by atoms with Gasteiger partial charge >= 0.3 is 0 Å². The molecular formula is C17H17FN2O3. The molecule has 1 aliphatic rings. The Labute approximate surface area is 133 Å². The summed E-state index contributed by atoms with van der Waals surface area (Å²) in [5.41, 5.74) is 1.87. The molecule has 2 aromatic carbocycles. The summed E-state index contributed by atoms with van der Waals surface area (Å²) in [6, 6.07) is 11.7. The second-order valence-corrected chi connectivity index (χ2v) is 5.19. The Morgan fingerprint density at radius 1 is 1.00 bits per heavy atom. The monoisotopic (exact) mass is 316 g/mol. The van der Waals surface area contributed by atoms with Gasteiger partial charge in [-0.15, -0.1) is 0 Å². The van der Waals surface area contributed by atoms with Crippen molar-refractivity contribution in [3.05, 3.63) is 59.4 Å². The van der Waals surface area contributed by atoms with Gasteiger partial charge in [0.05, 0.1) is 6.54 Å². The summed E-state index contributed by atoms with van der Waals surface area (Å²) in [6.07, 6.45) is 0. The minimum Gasteiger partial charge on any atom is -0.454 e. The molecule has 23 heavy (non-hydrogen) atoms. The minimum atomic E-state index is -0.287. The zero-order chi connectivity index (χ0) is 16.1. The normalized spacial score (nSPS) is 12.2. The van der Waals surface area contributed by atoms with Crippen molar-refractivity contribution >= 4 is 5.91 Å². The molecule has 120 valence electrons. The zero-order valence-corrected chi connectivity index (χ0v) is 12.5. The number of halogens is 1. The van der Waals surface area contributed by atoms with Crippen LogP contribution in [-0.2, 0) is 17.9 Å². The van der Waals surface area contributed by atoms with Crippen molar-refractivity contribution in [1.29, 1.82) is 0 Å². The van der Waals surface area contributed by atoms with Crippen molar-refractivity contribution in [3.8, 4) is 11.5 Å². The van der Waals surface area contributed by atoms with Gasteiger partial charge in [-0.05, 0) is 35.4 Å². The van der Waals surface area contributed by atoms with E-state index in [-0.39, 0.29) is 25.1 Å². The first-order chi connectivity index (χ1) is 11.2. The molecule has 2 N–H and O–H groups in total. The van der Waals surface area contributed by atoms with Crippen molar-refractivity contribution < 1.29 is 18.7 Å². The van der Waals surface area contributed by atoms with Gasteiger partial charge < -0.3 is 20.1 Å². The fraction of sp³-hybridized carbons (Fsp3) is 0.235. The Morgan fingerprint density at radius 3 is 2.57 bits per heavy atom. The van der Waals surface area contributed by atoms with E-state index in [1.165, 1.54) is 12.1 Å². The number of benzene rings is 2. The van der Waals surface area contributed by atoms with E-state index in [0.29, 0.717) is 13.1 Å². The van der Waals surface area contributed by atoms with Crippen LogP contribution in [0.5, 0.6) is 11.5 Å². The van der Waals surface area contributed by atoms with Gasteiger partial charge in [0.25, 0.3) is 0 Å². The lowest BCUT2D eigenvalue weighted by molar-refractivity contribution is -0.120. The topological polar surface area (TPSA) is 59.6 Å². The van der Waals surface area contributed by atoms with Crippen LogP contribution < -0.4 is 20.1 Å². The Hall–Kier alpha value is -2.60. The Bertz CT molecular complexity index is 689. The smallest absolute Gasteiger partial charge is 0.234 e. The Balaban J connectivity index is 1.40. The van der Waals surface area contributed by atoms with E-state index in [4.69, 9.17) is 9.47 Å². The third-order valence-electron chi connectivity index (χ3n) is 3.45. The van der Waals surface area contributed by atoms with Crippen LogP contribution in [0.4, 0.5) is 4.39 Å². The van der Waals surface area contributed by atoms with E-state index in [1.54, 1.807) is 12.1 Å². The molecule has 1 heterocycles. The molecule has 0 aromatic heterocycles. The molecule has 0 spiro atoms. The predicted octanol–water partition coefficient (Wildman–Crippen LogP) is 1.96. The first-order valence-electron chi connectivity index (χ1n) is 7.31. The van der Waals surface area contributed by atoms with Gasteiger partial charge in [-0.2, -0.15) is 0 Å². The van der Waals surface area contributed by atoms with Crippen LogP contribution >= 0.6 is 0 Å². The van der Waals surface area contributed by atoms with Gasteiger partial charge in [-0.1, -0.05) is 18.2 Å². The molecule has 1 amide bonds. The molecule has 6 heteroatoms. The van der Waals surface area contributed by atoms with Crippen molar-refractivity contribution in [1.82, 2.24) is 10.6 Å². The summed E-state index contributed by atoms with van der Waals surface area (Å²) in [7, 11) is 0. The van der Waals surface area contributed by atoms with Crippen LogP contribution in [0.25, 0.3) is 0 Å². The lowest BCUT2D eigenvalue weighted by Gasteiger charge is -2.07. The molecule has 1 aliphatic heterocycles. The average molecular weight is 316 g/mol. The standard InChI is InChI=1S/C17H17FN2O3/c18-14-4-1-12(2-5-14)9-20-17(21)10-19-8-13-3-6-15-16(7-13)23-11-22-15/h1-7,19H,8-11H2,(H,20,21). The summed E-state index contributed by atoms with van der Waals surface area (Å²) in [6.45, 7) is 1.39. The van der Waals surface area contributed by atoms with Crippen LogP contribution in [0.15, 0.2) is 42.5 Å². The molecule has 0 unspecified atom stereocenters. The molecule has 3 rings (SSSR count). The highest BCUT2D eigenvalue weighted by Gasteiger charge is 2.13. The number of hydrogen-bond acceptors (Lipinski definition) is 4. The number of hydrogen-bond donors (Lipinski definition) is 2. The maximum absolute atomic E-state index is 12.8. The van der Waals surface area contributed by atoms with Crippen molar-refractivity contribution in [3.63, 3.8) is 0 Å². The number of carbonyl (C=O) groups excluding carboxylic acids is 1. The molecular weight excluding hydrogens is 299 g/mol. The summed E-state index contributed by atoms with van der Waals surface area (Å²) in [5, 5.41) is 5.85. The van der Waals surface area contributed by atoms with Crippen LogP contribution in [0, 0.1) is 5.82 Å². The van der Waals surface area contributed by atoms with E-state index < -0.39 is 0 Å². The maximum atomic E-state index is 12.8. The van der Waals surface area contributed by atoms with Gasteiger partial charge in [-0.3, -0.25) is 4.79 Å². The molecule has 0 radical (unpaired) electrons. The molecule has 0 bridgehead atoms. The van der Waals surface area contributed by atoms with Gasteiger partial charge in [0.2, 0.25) is 12.7 Å². The zero-order valence-electron chi connectivity index (χ0n) is 12.5. The molecule has 0 saturated heterocycles. The molecule has 0 fully saturated rings. The van der Waals surface area contributed by atoms with Crippen LogP contribution in [0.2, 0.25) is 0 Å². The number of carbonyl (C=O) groups is 1. The second-order valence-electron chi connectivity index (χ2n) is 5.19. The molecule has 0 atom stereocenters. The Kier molecular flexibility index (Phi) is 4.73. The first kappa shape index (κ1) is 15.3. The average Bonchev–Trinajstić information content (AvgIpc) is 3.02. The van der Waals surface area contributed by atoms with Gasteiger partial charge in [-0.25, -0.2) is 4.39 Å². The number of rotatable bonds is 6. The maximum Gasteiger partial charge on any atom is 0.234 e. The third-order valence-corrected chi connectivity index (χ3v) is 3.45. The summed E-state index contributed by atoms with van der Waals surface area (Å²) in [4.78, 5) is 11.8. The highest BCUT2D eigenvalue weighted by molar-refractivity contribution is 5.77.